The van der Waals surface area contributed by atoms with Crippen LogP contribution in [0.25, 0.3) is 0 Å². The van der Waals surface area contributed by atoms with Crippen LogP contribution < -0.4 is 0 Å². The normalized spacial score (nSPS) is 0. The van der Waals surface area contributed by atoms with Crippen molar-refractivity contribution in [3.05, 3.63) is 0 Å². The van der Waals surface area contributed by atoms with E-state index in [1.165, 1.54) is 0 Å². The van der Waals surface area contributed by atoms with Gasteiger partial charge in [0.1, 0.15) is 0 Å². The van der Waals surface area contributed by atoms with E-state index in [0.29, 0.717) is 0 Å². The molecule has 0 heterocycles. The van der Waals surface area contributed by atoms with Crippen molar-refractivity contribution in [2.24, 2.45) is 0 Å². The molecule has 0 unspecified atom stereocenters. The summed E-state index contributed by atoms with van der Waals surface area (Å²) < 4.78 is 0. The summed E-state index contributed by atoms with van der Waals surface area (Å²) >= 11 is 0. The maximum Gasteiger partial charge on any atom is 0 e. The van der Waals surface area contributed by atoms with Crippen molar-refractivity contribution in [2.75, 3.05) is 0 Å². The quantitative estimate of drug-likeness (QED) is 0.419. The number of rotatable bonds is 0. The Kier molecular flexibility index (Phi) is 92.1. The molecule has 0 atom stereocenters. The Bertz CT molecular complexity index is 3.25. The average molecular weight is 491 g/mol. The Morgan fingerprint density at radius 1 is 0.500 bits per heavy atom. The molecule has 0 aliphatic carbocycles. The van der Waals surface area contributed by atoms with E-state index in [4.69, 9.17) is 0 Å². The molecule has 0 radical (unpaired) electrons. The summed E-state index contributed by atoms with van der Waals surface area (Å²) in [6.45, 7) is 0. The van der Waals surface area contributed by atoms with Crippen LogP contribution in [-0.2, 0) is 16.5 Å². The van der Waals surface area contributed by atoms with Crippen molar-refractivity contribution in [3.8, 4) is 0 Å². The Morgan fingerprint density at radius 2 is 0.500 bits per heavy atom. The SMILES string of the molecule is [Nd].[Nd].[Nd].[Ni]. The molecule has 0 bridgehead atoms. The monoisotopic (exact) mass is 484 g/mol. The molecule has 22 valence electrons. The van der Waals surface area contributed by atoms with Crippen molar-refractivity contribution in [3.63, 3.8) is 0 Å². The smallest absolute Gasteiger partial charge is 0 e. The van der Waals surface area contributed by atoms with Gasteiger partial charge < -0.3 is 0 Å². The number of hydrogen-bond donors (Lipinski definition) is 0. The fourth-order valence-electron chi connectivity index (χ4n) is 0. The Balaban J connectivity index is 0. The third-order valence-electron chi connectivity index (χ3n) is 0. The summed E-state index contributed by atoms with van der Waals surface area (Å²) in [5.41, 5.74) is 0. The molecule has 0 nitrogen and oxygen atoms in total. The van der Waals surface area contributed by atoms with Crippen LogP contribution in [0.4, 0.5) is 0 Å². The Labute approximate surface area is 135 Å². The topological polar surface area (TPSA) is 0 Å². The zero-order valence-corrected chi connectivity index (χ0v) is 12.4. The summed E-state index contributed by atoms with van der Waals surface area (Å²) in [5, 5.41) is 0. The van der Waals surface area contributed by atoms with Crippen molar-refractivity contribution < 1.29 is 139 Å². The molecule has 0 saturated carbocycles. The van der Waals surface area contributed by atoms with Crippen LogP contribution in [0, 0.1) is 123 Å². The molecule has 0 saturated heterocycles. The summed E-state index contributed by atoms with van der Waals surface area (Å²) in [4.78, 5) is 0. The minimum atomic E-state index is 0. The second-order valence-electron chi connectivity index (χ2n) is 0. The molecule has 0 spiro atoms. The van der Waals surface area contributed by atoms with E-state index >= 15 is 0 Å². The third-order valence-corrected chi connectivity index (χ3v) is 0. The molecule has 0 aliphatic rings. The van der Waals surface area contributed by atoms with Gasteiger partial charge in [0.05, 0.1) is 0 Å². The average Bonchev–Trinajstić information content (AvgIpc) is 0. The van der Waals surface area contributed by atoms with E-state index < -0.39 is 0 Å². The Hall–Kier alpha value is 4.55. The molecule has 4 heavy (non-hydrogen) atoms. The standard InChI is InChI=1S/3Nd.Ni. The molecule has 0 fully saturated rings. The van der Waals surface area contributed by atoms with E-state index in [1.807, 2.05) is 0 Å². The van der Waals surface area contributed by atoms with Crippen molar-refractivity contribution in [2.45, 2.75) is 0 Å². The van der Waals surface area contributed by atoms with E-state index in [-0.39, 0.29) is 139 Å². The van der Waals surface area contributed by atoms with Gasteiger partial charge in [0.15, 0.2) is 0 Å². The molecule has 4 heteroatoms. The van der Waals surface area contributed by atoms with Gasteiger partial charge in [-0.1, -0.05) is 0 Å². The molecule has 0 aliphatic heterocycles. The van der Waals surface area contributed by atoms with Gasteiger partial charge in [-0.3, -0.25) is 0 Å². The van der Waals surface area contributed by atoms with Gasteiger partial charge in [0, 0.05) is 139 Å². The fraction of sp³-hybridized carbons (Fsp3) is 0. The predicted molar refractivity (Wildman–Crippen MR) is 0 cm³/mol. The van der Waals surface area contributed by atoms with Crippen molar-refractivity contribution in [1.82, 2.24) is 0 Å². The second kappa shape index (κ2) is 15.6. The molecular formula is Nd3Ni. The Morgan fingerprint density at radius 3 is 0.500 bits per heavy atom. The first kappa shape index (κ1) is 23.5. The summed E-state index contributed by atoms with van der Waals surface area (Å²) in [5.74, 6) is 0. The first-order valence-electron chi connectivity index (χ1n) is 0. The van der Waals surface area contributed by atoms with Crippen LogP contribution in [0.15, 0.2) is 0 Å². The van der Waals surface area contributed by atoms with E-state index in [0.717, 1.165) is 0 Å². The molecule has 0 rings (SSSR count). The maximum absolute atomic E-state index is 0. The summed E-state index contributed by atoms with van der Waals surface area (Å²) in [6.07, 6.45) is 0. The van der Waals surface area contributed by atoms with Gasteiger partial charge in [-0.15, -0.1) is 0 Å². The van der Waals surface area contributed by atoms with E-state index in [2.05, 4.69) is 0 Å². The van der Waals surface area contributed by atoms with Crippen LogP contribution in [0.2, 0.25) is 0 Å². The van der Waals surface area contributed by atoms with Gasteiger partial charge >= 0.3 is 0 Å². The third kappa shape index (κ3) is 9.74. The zero-order valence-electron chi connectivity index (χ0n) is 1.82. The van der Waals surface area contributed by atoms with Gasteiger partial charge in [-0.2, -0.15) is 0 Å². The van der Waals surface area contributed by atoms with Crippen molar-refractivity contribution >= 4 is 0 Å². The van der Waals surface area contributed by atoms with Crippen LogP contribution in [0.1, 0.15) is 0 Å². The van der Waals surface area contributed by atoms with Crippen molar-refractivity contribution in [1.29, 1.82) is 0 Å². The molecule has 0 aromatic heterocycles. The molecule has 0 aromatic rings. The summed E-state index contributed by atoms with van der Waals surface area (Å²) in [6, 6.07) is 0. The number of hydrogen-bond acceptors (Lipinski definition) is 0. The second-order valence-corrected chi connectivity index (χ2v) is 0. The minimum Gasteiger partial charge on any atom is 0 e. The largest absolute Gasteiger partial charge is 0 e. The summed E-state index contributed by atoms with van der Waals surface area (Å²) in [7, 11) is 0. The maximum atomic E-state index is 0. The first-order valence-corrected chi connectivity index (χ1v) is 0. The fourth-order valence-corrected chi connectivity index (χ4v) is 0. The van der Waals surface area contributed by atoms with Gasteiger partial charge in [-0.25, -0.2) is 0 Å². The van der Waals surface area contributed by atoms with E-state index in [1.54, 1.807) is 0 Å². The van der Waals surface area contributed by atoms with Crippen LogP contribution >= 0.6 is 0 Å². The van der Waals surface area contributed by atoms with E-state index in [9.17, 15) is 0 Å². The van der Waals surface area contributed by atoms with Gasteiger partial charge in [-0.05, 0) is 0 Å². The van der Waals surface area contributed by atoms with Crippen LogP contribution in [0.5, 0.6) is 0 Å². The zero-order chi connectivity index (χ0) is 0. The molecular weight excluding hydrogens is 491 g/mol. The van der Waals surface area contributed by atoms with Gasteiger partial charge in [0.25, 0.3) is 0 Å². The van der Waals surface area contributed by atoms with Crippen LogP contribution in [0.3, 0.4) is 0 Å². The molecule has 0 amide bonds. The predicted octanol–water partition coefficient (Wildman–Crippen LogP) is -0.00250. The minimum absolute atomic E-state index is 0. The van der Waals surface area contributed by atoms with Crippen LogP contribution in [-0.4, -0.2) is 0 Å². The molecule has 0 aromatic carbocycles. The van der Waals surface area contributed by atoms with Gasteiger partial charge in [0.2, 0.25) is 0 Å². The molecule has 0 N–H and O–H groups in total. The first-order chi connectivity index (χ1) is 0.